The zero-order chi connectivity index (χ0) is 29.2. The van der Waals surface area contributed by atoms with Crippen molar-refractivity contribution in [2.45, 2.75) is 6.42 Å². The van der Waals surface area contributed by atoms with Crippen LogP contribution in [0.15, 0.2) is 140 Å². The van der Waals surface area contributed by atoms with Crippen molar-refractivity contribution in [2.24, 2.45) is 0 Å². The molecule has 1 aliphatic rings. The molecule has 0 fully saturated rings. The van der Waals surface area contributed by atoms with Crippen molar-refractivity contribution in [3.05, 3.63) is 151 Å². The molecule has 2 heteroatoms. The fourth-order valence-corrected chi connectivity index (χ4v) is 10.7. The molecule has 45 heavy (non-hydrogen) atoms. The molecule has 208 valence electrons. The van der Waals surface area contributed by atoms with Gasteiger partial charge in [-0.3, -0.25) is 0 Å². The molecule has 0 saturated heterocycles. The second-order valence-corrected chi connectivity index (χ2v) is 14.7. The maximum atomic E-state index is 2.54. The van der Waals surface area contributed by atoms with Crippen LogP contribution in [-0.4, -0.2) is 18.9 Å². The molecular weight excluding hydrogens is 609 g/mol. The molecule has 0 atom stereocenters. The van der Waals surface area contributed by atoms with Gasteiger partial charge in [0, 0.05) is 0 Å². The van der Waals surface area contributed by atoms with Gasteiger partial charge in [0.25, 0.3) is 0 Å². The molecule has 1 aliphatic carbocycles. The van der Waals surface area contributed by atoms with Gasteiger partial charge in [-0.25, -0.2) is 0 Å². The summed E-state index contributed by atoms with van der Waals surface area (Å²) in [6.45, 7) is 0. The molecule has 0 unspecified atom stereocenters. The first-order chi connectivity index (χ1) is 22.3. The number of rotatable bonds is 1. The summed E-state index contributed by atoms with van der Waals surface area (Å²) >= 11 is 0.348. The van der Waals surface area contributed by atoms with Gasteiger partial charge >= 0.3 is 236 Å². The third-order valence-electron chi connectivity index (χ3n) is 10.2. The van der Waals surface area contributed by atoms with Crippen molar-refractivity contribution in [2.75, 3.05) is 0 Å². The van der Waals surface area contributed by atoms with E-state index in [1.54, 1.807) is 0 Å². The molecule has 0 saturated carbocycles. The van der Waals surface area contributed by atoms with Gasteiger partial charge in [0.15, 0.2) is 0 Å². The number of aromatic nitrogens is 1. The molecule has 3 heterocycles. The standard InChI is InChI=1S/C43H25NSe/c1-3-16-37-29(10-1)32-12-5-8-27-22-28-9-6-13-33(42(28)41(27)32)34-14-7-15-35-36-23-25(19-21-38(36)44(37)43(34)35)26-18-20-31-30-11-2-4-17-39(30)45-40(31)24-26/h1-21,23-24H,22H2. The quantitative estimate of drug-likeness (QED) is 0.158. The fraction of sp³-hybridized carbons (Fsp3) is 0.0233. The van der Waals surface area contributed by atoms with Crippen LogP contribution in [0.5, 0.6) is 0 Å². The monoisotopic (exact) mass is 635 g/mol. The van der Waals surface area contributed by atoms with Crippen molar-refractivity contribution >= 4 is 93.4 Å². The average Bonchev–Trinajstić information content (AvgIpc) is 3.77. The summed E-state index contributed by atoms with van der Waals surface area (Å²) < 4.78 is 5.52. The Morgan fingerprint density at radius 2 is 0.978 bits per heavy atom. The van der Waals surface area contributed by atoms with Crippen LogP contribution in [0.4, 0.5) is 0 Å². The number of nitrogens with zero attached hydrogens (tertiary/aromatic N) is 1. The molecule has 11 rings (SSSR count). The van der Waals surface area contributed by atoms with Crippen LogP contribution in [0.25, 0.3) is 90.1 Å². The molecule has 0 spiro atoms. The predicted molar refractivity (Wildman–Crippen MR) is 194 cm³/mol. The summed E-state index contributed by atoms with van der Waals surface area (Å²) in [5.41, 5.74) is 9.21. The van der Waals surface area contributed by atoms with E-state index >= 15 is 0 Å². The Balaban J connectivity index is 1.32. The number of para-hydroxylation sites is 2. The molecule has 0 N–H and O–H groups in total. The van der Waals surface area contributed by atoms with E-state index in [1.165, 1.54) is 101 Å². The second-order valence-electron chi connectivity index (χ2n) is 12.5. The normalized spacial score (nSPS) is 12.8. The Kier molecular flexibility index (Phi) is 4.70. The van der Waals surface area contributed by atoms with Crippen molar-refractivity contribution in [3.63, 3.8) is 0 Å². The summed E-state index contributed by atoms with van der Waals surface area (Å²) in [5.74, 6) is 0. The van der Waals surface area contributed by atoms with Gasteiger partial charge in [-0.1, -0.05) is 18.2 Å². The topological polar surface area (TPSA) is 4.41 Å². The Morgan fingerprint density at radius 1 is 0.400 bits per heavy atom. The van der Waals surface area contributed by atoms with Crippen LogP contribution < -0.4 is 0 Å². The molecule has 1 nitrogen and oxygen atoms in total. The minimum atomic E-state index is 0.348. The second kappa shape index (κ2) is 8.73. The maximum absolute atomic E-state index is 2.54. The van der Waals surface area contributed by atoms with Gasteiger partial charge in [-0.15, -0.1) is 0 Å². The van der Waals surface area contributed by atoms with Crippen LogP contribution in [0.1, 0.15) is 11.1 Å². The van der Waals surface area contributed by atoms with E-state index in [-0.39, 0.29) is 0 Å². The molecule has 7 aromatic carbocycles. The molecule has 0 radical (unpaired) electrons. The summed E-state index contributed by atoms with van der Waals surface area (Å²) in [7, 11) is 0. The molecule has 0 amide bonds. The van der Waals surface area contributed by atoms with E-state index in [4.69, 9.17) is 0 Å². The summed E-state index contributed by atoms with van der Waals surface area (Å²) in [6, 6.07) is 52.9. The molecule has 10 aromatic rings. The van der Waals surface area contributed by atoms with Crippen molar-refractivity contribution in [3.8, 4) is 11.1 Å². The van der Waals surface area contributed by atoms with Gasteiger partial charge in [-0.2, -0.15) is 0 Å². The third kappa shape index (κ3) is 3.18. The van der Waals surface area contributed by atoms with Crippen molar-refractivity contribution in [1.29, 1.82) is 0 Å². The first-order valence-corrected chi connectivity index (χ1v) is 17.4. The third-order valence-corrected chi connectivity index (χ3v) is 12.5. The summed E-state index contributed by atoms with van der Waals surface area (Å²) in [6.07, 6.45) is 0.990. The van der Waals surface area contributed by atoms with Gasteiger partial charge in [0.2, 0.25) is 0 Å². The van der Waals surface area contributed by atoms with Gasteiger partial charge in [0.1, 0.15) is 0 Å². The first kappa shape index (κ1) is 24.2. The van der Waals surface area contributed by atoms with E-state index in [1.807, 2.05) is 0 Å². The van der Waals surface area contributed by atoms with Crippen LogP contribution in [0.3, 0.4) is 0 Å². The van der Waals surface area contributed by atoms with Crippen LogP contribution in [0.2, 0.25) is 0 Å². The van der Waals surface area contributed by atoms with Crippen LogP contribution in [0, 0.1) is 0 Å². The first-order valence-electron chi connectivity index (χ1n) is 15.6. The Hall–Kier alpha value is -5.14. The van der Waals surface area contributed by atoms with E-state index in [0.717, 1.165) is 6.42 Å². The number of hydrogen-bond acceptors (Lipinski definition) is 0. The Morgan fingerprint density at radius 3 is 1.82 bits per heavy atom. The number of fused-ring (bicyclic) bond motifs is 10. The zero-order valence-electron chi connectivity index (χ0n) is 24.3. The molecule has 0 aliphatic heterocycles. The molecule has 3 aromatic heterocycles. The number of hydrogen-bond donors (Lipinski definition) is 0. The van der Waals surface area contributed by atoms with Gasteiger partial charge < -0.3 is 0 Å². The van der Waals surface area contributed by atoms with Crippen LogP contribution in [-0.2, 0) is 6.42 Å². The number of benzene rings is 7. The molecule has 0 bridgehead atoms. The average molecular weight is 635 g/mol. The Bertz CT molecular complexity index is 2960. The van der Waals surface area contributed by atoms with Crippen LogP contribution >= 0.6 is 0 Å². The van der Waals surface area contributed by atoms with Gasteiger partial charge in [-0.05, 0) is 12.0 Å². The molecular formula is C43H25NSe. The van der Waals surface area contributed by atoms with E-state index in [9.17, 15) is 0 Å². The fourth-order valence-electron chi connectivity index (χ4n) is 8.26. The summed E-state index contributed by atoms with van der Waals surface area (Å²) in [5, 5.41) is 13.5. The van der Waals surface area contributed by atoms with Crippen molar-refractivity contribution in [1.82, 2.24) is 4.40 Å². The van der Waals surface area contributed by atoms with E-state index < -0.39 is 0 Å². The van der Waals surface area contributed by atoms with Gasteiger partial charge in [0.05, 0.1) is 0 Å². The minimum absolute atomic E-state index is 0.348. The SMILES string of the molecule is c1ccc2c(c1)[se]c1cc(-c3ccc4c(c3)c3cccc5c6cccc7c6c6c(cccc6c6ccccc6n4c53)C7)ccc12. The predicted octanol–water partition coefficient (Wildman–Crippen LogP) is 11.2. The zero-order valence-corrected chi connectivity index (χ0v) is 26.1. The van der Waals surface area contributed by atoms with E-state index in [2.05, 4.69) is 144 Å². The summed E-state index contributed by atoms with van der Waals surface area (Å²) in [4.78, 5) is 0. The van der Waals surface area contributed by atoms with Crippen molar-refractivity contribution < 1.29 is 0 Å². The van der Waals surface area contributed by atoms with E-state index in [0.29, 0.717) is 14.5 Å². The Labute approximate surface area is 265 Å².